The molecule has 94 valence electrons. The molecule has 17 heavy (non-hydrogen) atoms. The lowest BCUT2D eigenvalue weighted by Crippen LogP contribution is -2.55. The summed E-state index contributed by atoms with van der Waals surface area (Å²) in [5.74, 6) is 4.06. The van der Waals surface area contributed by atoms with Crippen LogP contribution in [0.1, 0.15) is 44.9 Å². The SMILES string of the molecule is NC(C1=CCCO1)C12CC3CC(CC(C3)C1)C2. The minimum Gasteiger partial charge on any atom is -0.496 e. The molecular formula is C15H23NO. The molecule has 5 rings (SSSR count). The molecule has 0 aromatic carbocycles. The number of hydrogen-bond acceptors (Lipinski definition) is 2. The van der Waals surface area contributed by atoms with Crippen molar-refractivity contribution in [3.63, 3.8) is 0 Å². The maximum Gasteiger partial charge on any atom is 0.109 e. The van der Waals surface area contributed by atoms with Gasteiger partial charge in [-0.15, -0.1) is 0 Å². The Morgan fingerprint density at radius 3 is 2.18 bits per heavy atom. The van der Waals surface area contributed by atoms with Gasteiger partial charge >= 0.3 is 0 Å². The van der Waals surface area contributed by atoms with Crippen molar-refractivity contribution in [2.45, 2.75) is 51.0 Å². The van der Waals surface area contributed by atoms with E-state index in [-0.39, 0.29) is 6.04 Å². The zero-order valence-corrected chi connectivity index (χ0v) is 10.5. The lowest BCUT2D eigenvalue weighted by atomic mass is 9.47. The third-order valence-corrected chi connectivity index (χ3v) is 5.78. The Kier molecular flexibility index (Phi) is 2.15. The first-order valence-electron chi connectivity index (χ1n) is 7.34. The number of nitrogens with two attached hydrogens (primary N) is 1. The predicted molar refractivity (Wildman–Crippen MR) is 67.2 cm³/mol. The zero-order chi connectivity index (χ0) is 11.5. The van der Waals surface area contributed by atoms with Gasteiger partial charge in [-0.1, -0.05) is 0 Å². The summed E-state index contributed by atoms with van der Waals surface area (Å²) in [4.78, 5) is 0. The second-order valence-electron chi connectivity index (χ2n) is 7.00. The van der Waals surface area contributed by atoms with E-state index in [9.17, 15) is 0 Å². The molecule has 4 bridgehead atoms. The molecule has 1 aliphatic heterocycles. The highest BCUT2D eigenvalue weighted by Crippen LogP contribution is 2.61. The molecule has 0 radical (unpaired) electrons. The fraction of sp³-hybridized carbons (Fsp3) is 0.867. The largest absolute Gasteiger partial charge is 0.496 e. The van der Waals surface area contributed by atoms with Gasteiger partial charge in [0, 0.05) is 6.42 Å². The normalized spacial score (nSPS) is 49.0. The standard InChI is InChI=1S/C15H23NO/c16-14(13-2-1-3-17-13)15-7-10-4-11(8-15)6-12(5-10)9-15/h2,10-12,14H,1,3-9,16H2. The van der Waals surface area contributed by atoms with Crippen LogP contribution in [0.3, 0.4) is 0 Å². The van der Waals surface area contributed by atoms with Gasteiger partial charge in [0.25, 0.3) is 0 Å². The van der Waals surface area contributed by atoms with Crippen molar-refractivity contribution in [2.24, 2.45) is 28.9 Å². The minimum absolute atomic E-state index is 0.193. The summed E-state index contributed by atoms with van der Waals surface area (Å²) in [6.07, 6.45) is 11.9. The first-order chi connectivity index (χ1) is 8.25. The minimum atomic E-state index is 0.193. The molecule has 2 nitrogen and oxygen atoms in total. The molecule has 1 unspecified atom stereocenters. The van der Waals surface area contributed by atoms with E-state index in [0.29, 0.717) is 5.41 Å². The van der Waals surface area contributed by atoms with E-state index in [4.69, 9.17) is 10.5 Å². The van der Waals surface area contributed by atoms with Gasteiger partial charge in [-0.05, 0) is 67.8 Å². The van der Waals surface area contributed by atoms with Crippen molar-refractivity contribution in [1.29, 1.82) is 0 Å². The second-order valence-corrected chi connectivity index (χ2v) is 7.00. The maximum absolute atomic E-state index is 6.58. The number of rotatable bonds is 2. The van der Waals surface area contributed by atoms with Crippen LogP contribution in [0.5, 0.6) is 0 Å². The van der Waals surface area contributed by atoms with Gasteiger partial charge in [-0.25, -0.2) is 0 Å². The molecule has 4 fully saturated rings. The Morgan fingerprint density at radius 2 is 1.71 bits per heavy atom. The van der Waals surface area contributed by atoms with Crippen LogP contribution in [-0.2, 0) is 4.74 Å². The van der Waals surface area contributed by atoms with Crippen LogP contribution in [0, 0.1) is 23.2 Å². The fourth-order valence-corrected chi connectivity index (χ4v) is 5.51. The average molecular weight is 233 g/mol. The molecule has 0 spiro atoms. The topological polar surface area (TPSA) is 35.2 Å². The van der Waals surface area contributed by atoms with Gasteiger partial charge < -0.3 is 10.5 Å². The van der Waals surface area contributed by atoms with Crippen molar-refractivity contribution in [3.05, 3.63) is 11.8 Å². The summed E-state index contributed by atoms with van der Waals surface area (Å²) < 4.78 is 5.74. The molecule has 0 amide bonds. The van der Waals surface area contributed by atoms with E-state index in [2.05, 4.69) is 6.08 Å². The van der Waals surface area contributed by atoms with Crippen LogP contribution in [0.25, 0.3) is 0 Å². The van der Waals surface area contributed by atoms with Crippen LogP contribution in [0.4, 0.5) is 0 Å². The summed E-state index contributed by atoms with van der Waals surface area (Å²) in [6, 6.07) is 0.193. The first kappa shape index (κ1) is 10.4. The quantitative estimate of drug-likeness (QED) is 0.796. The zero-order valence-electron chi connectivity index (χ0n) is 10.5. The van der Waals surface area contributed by atoms with Crippen LogP contribution in [-0.4, -0.2) is 12.6 Å². The summed E-state index contributed by atoms with van der Waals surface area (Å²) in [6.45, 7) is 0.857. The first-order valence-corrected chi connectivity index (χ1v) is 7.34. The second kappa shape index (κ2) is 3.50. The van der Waals surface area contributed by atoms with E-state index in [1.165, 1.54) is 38.5 Å². The van der Waals surface area contributed by atoms with Gasteiger partial charge in [-0.2, -0.15) is 0 Å². The van der Waals surface area contributed by atoms with Gasteiger partial charge in [-0.3, -0.25) is 0 Å². The summed E-state index contributed by atoms with van der Waals surface area (Å²) >= 11 is 0. The Balaban J connectivity index is 1.63. The lowest BCUT2D eigenvalue weighted by molar-refractivity contribution is -0.0676. The summed E-state index contributed by atoms with van der Waals surface area (Å²) in [5, 5.41) is 0. The lowest BCUT2D eigenvalue weighted by Gasteiger charge is -2.58. The van der Waals surface area contributed by atoms with Gasteiger partial charge in [0.15, 0.2) is 0 Å². The molecule has 2 N–H and O–H groups in total. The van der Waals surface area contributed by atoms with Gasteiger partial charge in [0.05, 0.1) is 12.6 Å². The molecule has 2 heteroatoms. The van der Waals surface area contributed by atoms with E-state index in [1.807, 2.05) is 0 Å². The maximum atomic E-state index is 6.58. The number of hydrogen-bond donors (Lipinski definition) is 1. The highest BCUT2D eigenvalue weighted by Gasteiger charge is 2.54. The molecule has 1 atom stereocenters. The van der Waals surface area contributed by atoms with Crippen molar-refractivity contribution in [1.82, 2.24) is 0 Å². The average Bonchev–Trinajstić information content (AvgIpc) is 2.79. The molecule has 4 saturated carbocycles. The Hall–Kier alpha value is -0.500. The molecule has 4 aliphatic carbocycles. The highest BCUT2D eigenvalue weighted by molar-refractivity contribution is 5.16. The van der Waals surface area contributed by atoms with Gasteiger partial charge in [0.2, 0.25) is 0 Å². The predicted octanol–water partition coefficient (Wildman–Crippen LogP) is 2.83. The Morgan fingerprint density at radius 1 is 1.12 bits per heavy atom. The van der Waals surface area contributed by atoms with E-state index >= 15 is 0 Å². The van der Waals surface area contributed by atoms with Crippen LogP contribution >= 0.6 is 0 Å². The van der Waals surface area contributed by atoms with Crippen molar-refractivity contribution >= 4 is 0 Å². The third kappa shape index (κ3) is 1.49. The van der Waals surface area contributed by atoms with Crippen LogP contribution in [0.2, 0.25) is 0 Å². The monoisotopic (exact) mass is 233 g/mol. The van der Waals surface area contributed by atoms with E-state index in [0.717, 1.165) is 36.5 Å². The Labute approximate surface area is 104 Å². The third-order valence-electron chi connectivity index (χ3n) is 5.78. The Bertz CT molecular complexity index is 325. The molecule has 5 aliphatic rings. The van der Waals surface area contributed by atoms with Crippen LogP contribution < -0.4 is 5.73 Å². The summed E-state index contributed by atoms with van der Waals surface area (Å²) in [7, 11) is 0. The molecule has 0 saturated heterocycles. The summed E-state index contributed by atoms with van der Waals surface area (Å²) in [5.41, 5.74) is 6.99. The van der Waals surface area contributed by atoms with Crippen molar-refractivity contribution < 1.29 is 4.74 Å². The molecular weight excluding hydrogens is 210 g/mol. The smallest absolute Gasteiger partial charge is 0.109 e. The highest BCUT2D eigenvalue weighted by atomic mass is 16.5. The van der Waals surface area contributed by atoms with E-state index < -0.39 is 0 Å². The van der Waals surface area contributed by atoms with E-state index in [1.54, 1.807) is 0 Å². The fourth-order valence-electron chi connectivity index (χ4n) is 5.51. The van der Waals surface area contributed by atoms with Crippen molar-refractivity contribution in [2.75, 3.05) is 6.61 Å². The van der Waals surface area contributed by atoms with Crippen LogP contribution in [0.15, 0.2) is 11.8 Å². The molecule has 0 aromatic rings. The molecule has 1 heterocycles. The number of ether oxygens (including phenoxy) is 1. The van der Waals surface area contributed by atoms with Crippen molar-refractivity contribution in [3.8, 4) is 0 Å². The molecule has 0 aromatic heterocycles. The van der Waals surface area contributed by atoms with Gasteiger partial charge in [0.1, 0.15) is 5.76 Å².